The SMILES string of the molecule is COC(=O)n1nnc(Oc2c(C)cccc2C)n1. The van der Waals surface area contributed by atoms with Crippen molar-refractivity contribution < 1.29 is 14.3 Å². The molecule has 94 valence electrons. The van der Waals surface area contributed by atoms with E-state index in [0.717, 1.165) is 15.9 Å². The van der Waals surface area contributed by atoms with Gasteiger partial charge in [-0.15, -0.1) is 0 Å². The first-order valence-corrected chi connectivity index (χ1v) is 5.24. The Bertz CT molecular complexity index is 559. The highest BCUT2D eigenvalue weighted by Gasteiger charge is 2.13. The molecular formula is C11H12N4O3. The van der Waals surface area contributed by atoms with Gasteiger partial charge < -0.3 is 9.47 Å². The number of aromatic nitrogens is 4. The van der Waals surface area contributed by atoms with Gasteiger partial charge in [-0.2, -0.15) is 0 Å². The van der Waals surface area contributed by atoms with Gasteiger partial charge in [0.1, 0.15) is 5.75 Å². The number of hydrogen-bond donors (Lipinski definition) is 0. The quantitative estimate of drug-likeness (QED) is 0.804. The van der Waals surface area contributed by atoms with Crippen LogP contribution in [-0.2, 0) is 4.74 Å². The molecule has 0 radical (unpaired) electrons. The summed E-state index contributed by atoms with van der Waals surface area (Å²) in [6.07, 6.45) is -0.723. The summed E-state index contributed by atoms with van der Waals surface area (Å²) >= 11 is 0. The van der Waals surface area contributed by atoms with Crippen LogP contribution in [0.3, 0.4) is 0 Å². The Morgan fingerprint density at radius 3 is 2.56 bits per heavy atom. The molecule has 0 aliphatic rings. The van der Waals surface area contributed by atoms with Crippen molar-refractivity contribution in [3.63, 3.8) is 0 Å². The number of carbonyl (C=O) groups excluding carboxylic acids is 1. The number of rotatable bonds is 2. The average Bonchev–Trinajstić information content (AvgIpc) is 2.81. The third kappa shape index (κ3) is 2.29. The first-order valence-electron chi connectivity index (χ1n) is 5.24. The molecule has 0 aliphatic heterocycles. The van der Waals surface area contributed by atoms with Crippen LogP contribution in [0.1, 0.15) is 11.1 Å². The molecule has 18 heavy (non-hydrogen) atoms. The molecule has 0 atom stereocenters. The van der Waals surface area contributed by atoms with Gasteiger partial charge in [-0.3, -0.25) is 0 Å². The van der Waals surface area contributed by atoms with Crippen molar-refractivity contribution in [2.45, 2.75) is 13.8 Å². The van der Waals surface area contributed by atoms with E-state index in [4.69, 9.17) is 4.74 Å². The average molecular weight is 248 g/mol. The van der Waals surface area contributed by atoms with Gasteiger partial charge in [0.15, 0.2) is 0 Å². The van der Waals surface area contributed by atoms with Gasteiger partial charge in [0.2, 0.25) is 0 Å². The Labute approximate surface area is 103 Å². The van der Waals surface area contributed by atoms with E-state index in [1.165, 1.54) is 7.11 Å². The molecule has 2 aromatic rings. The Kier molecular flexibility index (Phi) is 3.22. The lowest BCUT2D eigenvalue weighted by Gasteiger charge is -2.07. The smallest absolute Gasteiger partial charge is 0.450 e. The predicted molar refractivity (Wildman–Crippen MR) is 61.6 cm³/mol. The first kappa shape index (κ1) is 12.0. The van der Waals surface area contributed by atoms with Gasteiger partial charge in [-0.25, -0.2) is 4.79 Å². The second-order valence-corrected chi connectivity index (χ2v) is 3.65. The summed E-state index contributed by atoms with van der Waals surface area (Å²) in [5.74, 6) is 0.655. The monoisotopic (exact) mass is 248 g/mol. The lowest BCUT2D eigenvalue weighted by molar-refractivity contribution is 0.164. The largest absolute Gasteiger partial charge is 0.453 e. The van der Waals surface area contributed by atoms with Gasteiger partial charge >= 0.3 is 12.1 Å². The molecule has 0 fully saturated rings. The normalized spacial score (nSPS) is 10.2. The highest BCUT2D eigenvalue weighted by Crippen LogP contribution is 2.25. The van der Waals surface area contributed by atoms with Crippen LogP contribution in [0.15, 0.2) is 18.2 Å². The predicted octanol–water partition coefficient (Wildman–Crippen LogP) is 1.70. The minimum atomic E-state index is -0.723. The zero-order valence-electron chi connectivity index (χ0n) is 10.2. The lowest BCUT2D eigenvalue weighted by Crippen LogP contribution is -2.14. The number of hydrogen-bond acceptors (Lipinski definition) is 6. The second kappa shape index (κ2) is 4.82. The van der Waals surface area contributed by atoms with Gasteiger partial charge in [-0.05, 0) is 30.2 Å². The molecule has 0 unspecified atom stereocenters. The van der Waals surface area contributed by atoms with Crippen LogP contribution in [0.2, 0.25) is 0 Å². The highest BCUT2D eigenvalue weighted by atomic mass is 16.5. The molecule has 0 spiro atoms. The van der Waals surface area contributed by atoms with Crippen LogP contribution in [0.25, 0.3) is 0 Å². The number of aryl methyl sites for hydroxylation is 2. The number of benzene rings is 1. The Morgan fingerprint density at radius 2 is 1.94 bits per heavy atom. The molecular weight excluding hydrogens is 236 g/mol. The maximum atomic E-state index is 11.1. The molecule has 0 saturated carbocycles. The summed E-state index contributed by atoms with van der Waals surface area (Å²) in [5, 5.41) is 10.9. The van der Waals surface area contributed by atoms with E-state index < -0.39 is 6.09 Å². The number of tetrazole rings is 1. The second-order valence-electron chi connectivity index (χ2n) is 3.65. The number of para-hydroxylation sites is 1. The fourth-order valence-corrected chi connectivity index (χ4v) is 1.45. The number of nitrogens with zero attached hydrogens (tertiary/aromatic N) is 4. The van der Waals surface area contributed by atoms with E-state index in [-0.39, 0.29) is 6.01 Å². The molecule has 7 heteroatoms. The molecule has 1 heterocycles. The summed E-state index contributed by atoms with van der Waals surface area (Å²) < 4.78 is 9.95. The van der Waals surface area contributed by atoms with Gasteiger partial charge in [0.05, 0.1) is 7.11 Å². The van der Waals surface area contributed by atoms with Gasteiger partial charge in [0.25, 0.3) is 0 Å². The Balaban J connectivity index is 2.24. The van der Waals surface area contributed by atoms with Crippen molar-refractivity contribution in [3.05, 3.63) is 29.3 Å². The Hall–Kier alpha value is -2.44. The van der Waals surface area contributed by atoms with Crippen molar-refractivity contribution in [2.75, 3.05) is 7.11 Å². The van der Waals surface area contributed by atoms with E-state index in [1.54, 1.807) is 0 Å². The molecule has 0 saturated heterocycles. The van der Waals surface area contributed by atoms with Crippen molar-refractivity contribution >= 4 is 6.09 Å². The van der Waals surface area contributed by atoms with E-state index in [1.807, 2.05) is 32.0 Å². The van der Waals surface area contributed by atoms with Crippen LogP contribution in [0, 0.1) is 13.8 Å². The standard InChI is InChI=1S/C11H12N4O3/c1-7-5-4-6-8(2)9(7)18-10-12-14-15(13-10)11(16)17-3/h4-6H,1-3H3. The molecule has 1 aromatic carbocycles. The fourth-order valence-electron chi connectivity index (χ4n) is 1.45. The first-order chi connectivity index (χ1) is 8.61. The molecule has 0 bridgehead atoms. The summed E-state index contributed by atoms with van der Waals surface area (Å²) in [4.78, 5) is 11.9. The molecule has 0 N–H and O–H groups in total. The fraction of sp³-hybridized carbons (Fsp3) is 0.273. The van der Waals surface area contributed by atoms with E-state index in [0.29, 0.717) is 5.75 Å². The van der Waals surface area contributed by atoms with Crippen LogP contribution >= 0.6 is 0 Å². The van der Waals surface area contributed by atoms with E-state index >= 15 is 0 Å². The van der Waals surface area contributed by atoms with E-state index in [2.05, 4.69) is 20.1 Å². The summed E-state index contributed by atoms with van der Waals surface area (Å²) in [7, 11) is 1.23. The minimum Gasteiger partial charge on any atom is -0.450 e. The topological polar surface area (TPSA) is 79.1 Å². The molecule has 1 aromatic heterocycles. The summed E-state index contributed by atoms with van der Waals surface area (Å²) in [6.45, 7) is 3.82. The van der Waals surface area contributed by atoms with Gasteiger partial charge in [0, 0.05) is 0 Å². The van der Waals surface area contributed by atoms with E-state index in [9.17, 15) is 4.79 Å². The summed E-state index contributed by atoms with van der Waals surface area (Å²) in [5.41, 5.74) is 1.90. The van der Waals surface area contributed by atoms with Crippen molar-refractivity contribution in [1.82, 2.24) is 20.2 Å². The molecule has 7 nitrogen and oxygen atoms in total. The minimum absolute atomic E-state index is 0.00204. The van der Waals surface area contributed by atoms with Crippen LogP contribution in [-0.4, -0.2) is 33.4 Å². The Morgan fingerprint density at radius 1 is 1.28 bits per heavy atom. The van der Waals surface area contributed by atoms with Crippen LogP contribution in [0.4, 0.5) is 4.79 Å². The lowest BCUT2D eigenvalue weighted by atomic mass is 10.1. The molecule has 2 rings (SSSR count). The van der Waals surface area contributed by atoms with Crippen molar-refractivity contribution in [3.8, 4) is 11.8 Å². The third-order valence-corrected chi connectivity index (χ3v) is 2.34. The molecule has 0 amide bonds. The highest BCUT2D eigenvalue weighted by molar-refractivity contribution is 5.67. The van der Waals surface area contributed by atoms with Crippen LogP contribution < -0.4 is 4.74 Å². The number of ether oxygens (including phenoxy) is 2. The maximum Gasteiger partial charge on any atom is 0.453 e. The zero-order chi connectivity index (χ0) is 13.1. The van der Waals surface area contributed by atoms with Crippen LogP contribution in [0.5, 0.6) is 11.8 Å². The van der Waals surface area contributed by atoms with Crippen molar-refractivity contribution in [2.24, 2.45) is 0 Å². The molecule has 0 aliphatic carbocycles. The maximum absolute atomic E-state index is 11.1. The van der Waals surface area contributed by atoms with Crippen molar-refractivity contribution in [1.29, 1.82) is 0 Å². The number of carbonyl (C=O) groups is 1. The third-order valence-electron chi connectivity index (χ3n) is 2.34. The zero-order valence-corrected chi connectivity index (χ0v) is 10.2. The van der Waals surface area contributed by atoms with Gasteiger partial charge in [-0.1, -0.05) is 33.2 Å². The summed E-state index contributed by atoms with van der Waals surface area (Å²) in [6, 6.07) is 5.74. The number of methoxy groups -OCH3 is 1.